The number of aliphatic hydroxyl groups is 1. The summed E-state index contributed by atoms with van der Waals surface area (Å²) in [4.78, 5) is 1.56. The lowest BCUT2D eigenvalue weighted by atomic mass is 10.2. The van der Waals surface area contributed by atoms with Crippen LogP contribution in [0.4, 0.5) is 0 Å². The molecule has 2 heterocycles. The Hall–Kier alpha value is -0.210. The van der Waals surface area contributed by atoms with Gasteiger partial charge in [0, 0.05) is 6.42 Å². The van der Waals surface area contributed by atoms with E-state index in [-0.39, 0.29) is 17.5 Å². The second-order valence-corrected chi connectivity index (χ2v) is 7.45. The third kappa shape index (κ3) is 4.17. The van der Waals surface area contributed by atoms with Gasteiger partial charge in [-0.2, -0.15) is 0 Å². The molecule has 0 spiro atoms. The van der Waals surface area contributed by atoms with E-state index in [1.807, 2.05) is 5.32 Å². The number of quaternary nitrogens is 2. The maximum Gasteiger partial charge on any atom is 0.159 e. The summed E-state index contributed by atoms with van der Waals surface area (Å²) < 4.78 is 28.0. The van der Waals surface area contributed by atoms with Crippen molar-refractivity contribution in [3.63, 3.8) is 0 Å². The lowest BCUT2D eigenvalue weighted by molar-refractivity contribution is -0.909. The first-order chi connectivity index (χ1) is 8.57. The van der Waals surface area contributed by atoms with E-state index < -0.39 is 15.9 Å². The van der Waals surface area contributed by atoms with Crippen LogP contribution >= 0.6 is 0 Å². The summed E-state index contributed by atoms with van der Waals surface area (Å²) in [5.74, 6) is 0.0570. The second-order valence-electron chi connectivity index (χ2n) is 5.30. The van der Waals surface area contributed by atoms with Crippen molar-refractivity contribution >= 4 is 9.84 Å². The fourth-order valence-corrected chi connectivity index (χ4v) is 4.52. The molecule has 0 amide bonds. The Balaban J connectivity index is 1.60. The largest absolute Gasteiger partial charge is 0.386 e. The van der Waals surface area contributed by atoms with E-state index in [0.29, 0.717) is 0 Å². The minimum Gasteiger partial charge on any atom is -0.386 e. The number of hydrogen-bond donors (Lipinski definition) is 3. The number of nitrogens with one attached hydrogen (secondary N) is 1. The van der Waals surface area contributed by atoms with Gasteiger partial charge in [0.25, 0.3) is 0 Å². The fourth-order valence-electron chi connectivity index (χ4n) is 2.68. The SMILES string of the molecule is O=S1(=O)CC(O)C([NH2+]CCC[NH+]2CCOCC2)C1. The zero-order valence-corrected chi connectivity index (χ0v) is 11.5. The molecule has 2 saturated heterocycles. The highest BCUT2D eigenvalue weighted by Gasteiger charge is 2.38. The summed E-state index contributed by atoms with van der Waals surface area (Å²) in [7, 11) is -3.01. The average molecular weight is 280 g/mol. The highest BCUT2D eigenvalue weighted by atomic mass is 32.2. The number of rotatable bonds is 5. The Kier molecular flexibility index (Phi) is 4.97. The second kappa shape index (κ2) is 6.29. The molecule has 18 heavy (non-hydrogen) atoms. The van der Waals surface area contributed by atoms with Gasteiger partial charge in [-0.25, -0.2) is 8.42 Å². The van der Waals surface area contributed by atoms with Gasteiger partial charge in [0.15, 0.2) is 9.84 Å². The van der Waals surface area contributed by atoms with E-state index in [1.165, 1.54) is 0 Å². The van der Waals surface area contributed by atoms with E-state index in [2.05, 4.69) is 0 Å². The fraction of sp³-hybridized carbons (Fsp3) is 1.00. The van der Waals surface area contributed by atoms with Gasteiger partial charge in [0.1, 0.15) is 31.0 Å². The maximum absolute atomic E-state index is 11.3. The van der Waals surface area contributed by atoms with Crippen molar-refractivity contribution in [1.82, 2.24) is 0 Å². The molecule has 2 aliphatic heterocycles. The van der Waals surface area contributed by atoms with E-state index in [0.717, 1.165) is 45.8 Å². The standard InChI is InChI=1S/C11H22N2O4S/c14-11-9-18(15,16)8-10(11)12-2-1-3-13-4-6-17-7-5-13/h10-12,14H,1-9H2/p+2. The molecule has 106 valence electrons. The molecule has 4 N–H and O–H groups in total. The van der Waals surface area contributed by atoms with Gasteiger partial charge in [0.05, 0.1) is 32.1 Å². The maximum atomic E-state index is 11.3. The summed E-state index contributed by atoms with van der Waals surface area (Å²) in [6, 6.07) is -0.158. The molecule has 0 saturated carbocycles. The minimum atomic E-state index is -3.01. The van der Waals surface area contributed by atoms with Crippen LogP contribution in [-0.2, 0) is 14.6 Å². The Morgan fingerprint density at radius 3 is 2.61 bits per heavy atom. The van der Waals surface area contributed by atoms with E-state index in [1.54, 1.807) is 4.90 Å². The van der Waals surface area contributed by atoms with Crippen molar-refractivity contribution in [1.29, 1.82) is 0 Å². The Morgan fingerprint density at radius 1 is 1.28 bits per heavy atom. The number of nitrogens with two attached hydrogens (primary N) is 1. The zero-order chi connectivity index (χ0) is 13.0. The molecule has 6 nitrogen and oxygen atoms in total. The van der Waals surface area contributed by atoms with Crippen LogP contribution in [0.2, 0.25) is 0 Å². The molecule has 2 atom stereocenters. The van der Waals surface area contributed by atoms with Crippen LogP contribution in [0.15, 0.2) is 0 Å². The highest BCUT2D eigenvalue weighted by Crippen LogP contribution is 2.08. The van der Waals surface area contributed by atoms with E-state index >= 15 is 0 Å². The predicted molar refractivity (Wildman–Crippen MR) is 66.2 cm³/mol. The third-order valence-corrected chi connectivity index (χ3v) is 5.51. The monoisotopic (exact) mass is 280 g/mol. The quantitative estimate of drug-likeness (QED) is 0.448. The van der Waals surface area contributed by atoms with Crippen LogP contribution in [0.1, 0.15) is 6.42 Å². The van der Waals surface area contributed by atoms with Crippen LogP contribution in [0.3, 0.4) is 0 Å². The van der Waals surface area contributed by atoms with Gasteiger partial charge in [-0.15, -0.1) is 0 Å². The summed E-state index contributed by atoms with van der Waals surface area (Å²) in [6.45, 7) is 5.83. The first-order valence-electron chi connectivity index (χ1n) is 6.70. The van der Waals surface area contributed by atoms with Gasteiger partial charge < -0.3 is 20.1 Å². The van der Waals surface area contributed by atoms with Gasteiger partial charge in [-0.1, -0.05) is 0 Å². The van der Waals surface area contributed by atoms with Crippen molar-refractivity contribution < 1.29 is 28.5 Å². The average Bonchev–Trinajstić information content (AvgIpc) is 2.59. The van der Waals surface area contributed by atoms with Crippen molar-refractivity contribution in [3.8, 4) is 0 Å². The normalized spacial score (nSPS) is 32.7. The van der Waals surface area contributed by atoms with Crippen LogP contribution in [-0.4, -0.2) is 76.6 Å². The van der Waals surface area contributed by atoms with Crippen molar-refractivity contribution in [2.24, 2.45) is 0 Å². The number of morpholine rings is 1. The zero-order valence-electron chi connectivity index (χ0n) is 10.7. The molecular formula is C11H24N2O4S+2. The first-order valence-corrected chi connectivity index (χ1v) is 8.52. The van der Waals surface area contributed by atoms with Gasteiger partial charge in [-0.3, -0.25) is 0 Å². The first kappa shape index (κ1) is 14.2. The Labute approximate surface area is 108 Å². The summed E-state index contributed by atoms with van der Waals surface area (Å²) in [5.41, 5.74) is 0. The molecular weight excluding hydrogens is 256 g/mol. The predicted octanol–water partition coefficient (Wildman–Crippen LogP) is -3.99. The molecule has 2 rings (SSSR count). The Morgan fingerprint density at radius 2 is 2.00 bits per heavy atom. The molecule has 0 bridgehead atoms. The topological polar surface area (TPSA) is 84.7 Å². The van der Waals surface area contributed by atoms with Gasteiger partial charge >= 0.3 is 0 Å². The Bertz CT molecular complexity index is 354. The minimum absolute atomic E-state index is 0.0666. The number of hydrogen-bond acceptors (Lipinski definition) is 4. The van der Waals surface area contributed by atoms with Gasteiger partial charge in [0.2, 0.25) is 0 Å². The third-order valence-electron chi connectivity index (χ3n) is 3.77. The summed E-state index contributed by atoms with van der Waals surface area (Å²) >= 11 is 0. The van der Waals surface area contributed by atoms with Gasteiger partial charge in [-0.05, 0) is 0 Å². The molecule has 0 aromatic heterocycles. The molecule has 2 aliphatic rings. The van der Waals surface area contributed by atoms with Crippen LogP contribution in [0.25, 0.3) is 0 Å². The van der Waals surface area contributed by atoms with E-state index in [9.17, 15) is 13.5 Å². The molecule has 0 radical (unpaired) electrons. The molecule has 0 aromatic rings. The molecule has 7 heteroatoms. The van der Waals surface area contributed by atoms with Crippen LogP contribution in [0.5, 0.6) is 0 Å². The molecule has 0 aromatic carbocycles. The number of ether oxygens (including phenoxy) is 1. The van der Waals surface area contributed by atoms with Crippen molar-refractivity contribution in [3.05, 3.63) is 0 Å². The lowest BCUT2D eigenvalue weighted by Gasteiger charge is -2.23. The lowest BCUT2D eigenvalue weighted by Crippen LogP contribution is -3.14. The van der Waals surface area contributed by atoms with E-state index in [4.69, 9.17) is 4.74 Å². The van der Waals surface area contributed by atoms with Crippen LogP contribution in [0, 0.1) is 0 Å². The summed E-state index contributed by atoms with van der Waals surface area (Å²) in [6.07, 6.45) is 0.365. The van der Waals surface area contributed by atoms with Crippen LogP contribution < -0.4 is 10.2 Å². The molecule has 2 fully saturated rings. The van der Waals surface area contributed by atoms with Crippen molar-refractivity contribution in [2.45, 2.75) is 18.6 Å². The highest BCUT2D eigenvalue weighted by molar-refractivity contribution is 7.91. The smallest absolute Gasteiger partial charge is 0.159 e. The molecule has 2 unspecified atom stereocenters. The number of sulfone groups is 1. The van der Waals surface area contributed by atoms with Crippen molar-refractivity contribution in [2.75, 3.05) is 50.9 Å². The summed E-state index contributed by atoms with van der Waals surface area (Å²) in [5, 5.41) is 11.6. The molecule has 0 aliphatic carbocycles. The number of aliphatic hydroxyl groups excluding tert-OH is 1.